The fourth-order valence-corrected chi connectivity index (χ4v) is 5.67. The number of aromatic nitrogens is 1. The van der Waals surface area contributed by atoms with Crippen LogP contribution in [0.2, 0.25) is 0 Å². The molecule has 0 bridgehead atoms. The molecule has 188 valence electrons. The van der Waals surface area contributed by atoms with E-state index in [1.54, 1.807) is 0 Å². The SMILES string of the molecule is O=C(Nc1nc(-c2ccc(NCC3CCCC3)cc2)cs1)C1CCCN1C(=O)OCc1ccccc1. The number of amides is 2. The summed E-state index contributed by atoms with van der Waals surface area (Å²) in [5, 5.41) is 8.92. The van der Waals surface area contributed by atoms with E-state index in [9.17, 15) is 9.59 Å². The summed E-state index contributed by atoms with van der Waals surface area (Å²) < 4.78 is 5.45. The highest BCUT2D eigenvalue weighted by Gasteiger charge is 2.35. The molecule has 2 aromatic carbocycles. The van der Waals surface area contributed by atoms with Gasteiger partial charge in [-0.1, -0.05) is 55.3 Å². The smallest absolute Gasteiger partial charge is 0.410 e. The number of carbonyl (C=O) groups is 2. The second-order valence-electron chi connectivity index (χ2n) is 9.53. The summed E-state index contributed by atoms with van der Waals surface area (Å²) in [6, 6.07) is 17.3. The number of carbonyl (C=O) groups excluding carboxylic acids is 2. The number of hydrogen-bond donors (Lipinski definition) is 2. The zero-order valence-corrected chi connectivity index (χ0v) is 21.1. The van der Waals surface area contributed by atoms with E-state index in [1.165, 1.54) is 41.9 Å². The highest BCUT2D eigenvalue weighted by atomic mass is 32.1. The van der Waals surface area contributed by atoms with Crippen molar-refractivity contribution in [2.24, 2.45) is 5.92 Å². The lowest BCUT2D eigenvalue weighted by Crippen LogP contribution is -2.43. The molecule has 2 aliphatic rings. The molecule has 2 heterocycles. The molecule has 1 saturated heterocycles. The van der Waals surface area contributed by atoms with Crippen LogP contribution in [0.15, 0.2) is 60.0 Å². The second kappa shape index (κ2) is 11.6. The van der Waals surface area contributed by atoms with Gasteiger partial charge in [-0.15, -0.1) is 11.3 Å². The minimum absolute atomic E-state index is 0.190. The maximum Gasteiger partial charge on any atom is 0.410 e. The summed E-state index contributed by atoms with van der Waals surface area (Å²) >= 11 is 1.39. The molecule has 5 rings (SSSR count). The van der Waals surface area contributed by atoms with Gasteiger partial charge in [0.15, 0.2) is 5.13 Å². The highest BCUT2D eigenvalue weighted by molar-refractivity contribution is 7.14. The van der Waals surface area contributed by atoms with E-state index in [1.807, 2.05) is 35.7 Å². The number of benzene rings is 2. The maximum atomic E-state index is 13.0. The summed E-state index contributed by atoms with van der Waals surface area (Å²) in [5.74, 6) is 0.562. The molecule has 8 heteroatoms. The summed E-state index contributed by atoms with van der Waals surface area (Å²) in [7, 11) is 0. The van der Waals surface area contributed by atoms with Crippen LogP contribution in [0, 0.1) is 5.92 Å². The van der Waals surface area contributed by atoms with Crippen LogP contribution in [0.25, 0.3) is 11.3 Å². The summed E-state index contributed by atoms with van der Waals surface area (Å²) in [6.07, 6.45) is 6.27. The molecule has 36 heavy (non-hydrogen) atoms. The van der Waals surface area contributed by atoms with Crippen molar-refractivity contribution in [1.29, 1.82) is 0 Å². The molecular weight excluding hydrogens is 472 g/mol. The Kier molecular flexibility index (Phi) is 7.81. The van der Waals surface area contributed by atoms with Crippen LogP contribution in [0.1, 0.15) is 44.1 Å². The van der Waals surface area contributed by atoms with Crippen molar-refractivity contribution in [1.82, 2.24) is 9.88 Å². The minimum atomic E-state index is -0.550. The van der Waals surface area contributed by atoms with Crippen LogP contribution >= 0.6 is 11.3 Å². The van der Waals surface area contributed by atoms with Gasteiger partial charge in [0, 0.05) is 29.7 Å². The van der Waals surface area contributed by atoms with Gasteiger partial charge in [-0.3, -0.25) is 9.69 Å². The molecular formula is C28H32N4O3S. The Hall–Kier alpha value is -3.39. The van der Waals surface area contributed by atoms with Gasteiger partial charge in [-0.2, -0.15) is 0 Å². The van der Waals surface area contributed by atoms with Crippen LogP contribution in [0.4, 0.5) is 15.6 Å². The first-order chi connectivity index (χ1) is 17.7. The molecule has 1 aliphatic carbocycles. The first-order valence-electron chi connectivity index (χ1n) is 12.7. The number of nitrogens with zero attached hydrogens (tertiary/aromatic N) is 2. The predicted molar refractivity (Wildman–Crippen MR) is 143 cm³/mol. The van der Waals surface area contributed by atoms with Crippen LogP contribution in [-0.2, 0) is 16.1 Å². The molecule has 1 aromatic heterocycles. The third-order valence-corrected chi connectivity index (χ3v) is 7.74. The average molecular weight is 505 g/mol. The first-order valence-corrected chi connectivity index (χ1v) is 13.6. The summed E-state index contributed by atoms with van der Waals surface area (Å²) in [6.45, 7) is 1.73. The van der Waals surface area contributed by atoms with Gasteiger partial charge in [0.05, 0.1) is 5.69 Å². The Labute approximate surface area is 215 Å². The number of rotatable bonds is 8. The van der Waals surface area contributed by atoms with Crippen molar-refractivity contribution in [3.05, 3.63) is 65.5 Å². The highest BCUT2D eigenvalue weighted by Crippen LogP contribution is 2.28. The van der Waals surface area contributed by atoms with Gasteiger partial charge >= 0.3 is 6.09 Å². The van der Waals surface area contributed by atoms with Crippen molar-refractivity contribution in [3.8, 4) is 11.3 Å². The van der Waals surface area contributed by atoms with Crippen molar-refractivity contribution in [2.45, 2.75) is 51.2 Å². The molecule has 2 fully saturated rings. The number of nitrogens with one attached hydrogen (secondary N) is 2. The fraction of sp³-hybridized carbons (Fsp3) is 0.393. The average Bonchev–Trinajstić information content (AvgIpc) is 3.69. The second-order valence-corrected chi connectivity index (χ2v) is 10.4. The standard InChI is InChI=1S/C28H32N4O3S/c33-26(25-11-6-16-32(25)28(34)35-18-21-9-2-1-3-10-21)31-27-30-24(19-36-27)22-12-14-23(15-13-22)29-17-20-7-4-5-8-20/h1-3,9-10,12-15,19-20,25,29H,4-8,11,16-18H2,(H,30,31,33). The Morgan fingerprint density at radius 1 is 1.00 bits per heavy atom. The molecule has 1 unspecified atom stereocenters. The van der Waals surface area contributed by atoms with Gasteiger partial charge in [-0.25, -0.2) is 9.78 Å². The molecule has 3 aromatic rings. The monoisotopic (exact) mass is 504 g/mol. The zero-order valence-electron chi connectivity index (χ0n) is 20.3. The lowest BCUT2D eigenvalue weighted by atomic mass is 10.1. The van der Waals surface area contributed by atoms with E-state index in [-0.39, 0.29) is 12.5 Å². The molecule has 1 aliphatic heterocycles. The van der Waals surface area contributed by atoms with Gasteiger partial charge in [0.2, 0.25) is 5.91 Å². The molecule has 0 radical (unpaired) electrons. The largest absolute Gasteiger partial charge is 0.445 e. The van der Waals surface area contributed by atoms with Crippen LogP contribution in [0.5, 0.6) is 0 Å². The van der Waals surface area contributed by atoms with Crippen molar-refractivity contribution in [3.63, 3.8) is 0 Å². The first kappa shape index (κ1) is 24.3. The van der Waals surface area contributed by atoms with Crippen molar-refractivity contribution >= 4 is 34.2 Å². The summed E-state index contributed by atoms with van der Waals surface area (Å²) in [4.78, 5) is 31.7. The van der Waals surface area contributed by atoms with Crippen LogP contribution in [-0.4, -0.2) is 41.0 Å². The van der Waals surface area contributed by atoms with Crippen molar-refractivity contribution in [2.75, 3.05) is 23.7 Å². The van der Waals surface area contributed by atoms with Gasteiger partial charge in [0.1, 0.15) is 12.6 Å². The quantitative estimate of drug-likeness (QED) is 0.384. The number of thiazole rings is 1. The molecule has 7 nitrogen and oxygen atoms in total. The normalized spacial score (nSPS) is 17.8. The maximum absolute atomic E-state index is 13.0. The lowest BCUT2D eigenvalue weighted by molar-refractivity contribution is -0.120. The topological polar surface area (TPSA) is 83.6 Å². The molecule has 2 N–H and O–H groups in total. The number of hydrogen-bond acceptors (Lipinski definition) is 6. The van der Waals surface area contributed by atoms with E-state index in [0.29, 0.717) is 18.1 Å². The Bertz CT molecular complexity index is 1160. The van der Waals surface area contributed by atoms with Gasteiger partial charge in [0.25, 0.3) is 0 Å². The van der Waals surface area contributed by atoms with E-state index in [0.717, 1.165) is 41.4 Å². The Balaban J connectivity index is 1.14. The van der Waals surface area contributed by atoms with Gasteiger partial charge in [-0.05, 0) is 49.3 Å². The minimum Gasteiger partial charge on any atom is -0.445 e. The third-order valence-electron chi connectivity index (χ3n) is 6.98. The molecule has 2 amide bonds. The number of likely N-dealkylation sites (tertiary alicyclic amines) is 1. The van der Waals surface area contributed by atoms with Crippen molar-refractivity contribution < 1.29 is 14.3 Å². The summed E-state index contributed by atoms with van der Waals surface area (Å²) in [5.41, 5.74) is 3.86. The lowest BCUT2D eigenvalue weighted by Gasteiger charge is -2.22. The van der Waals surface area contributed by atoms with E-state index >= 15 is 0 Å². The Morgan fingerprint density at radius 2 is 1.78 bits per heavy atom. The number of anilines is 2. The van der Waals surface area contributed by atoms with Crippen LogP contribution < -0.4 is 10.6 Å². The molecule has 1 atom stereocenters. The molecule has 0 spiro atoms. The van der Waals surface area contributed by atoms with Crippen LogP contribution in [0.3, 0.4) is 0 Å². The Morgan fingerprint density at radius 3 is 2.56 bits per heavy atom. The zero-order chi connectivity index (χ0) is 24.7. The van der Waals surface area contributed by atoms with E-state index < -0.39 is 12.1 Å². The van der Waals surface area contributed by atoms with Gasteiger partial charge < -0.3 is 15.4 Å². The number of ether oxygens (including phenoxy) is 1. The molecule has 1 saturated carbocycles. The van der Waals surface area contributed by atoms with E-state index in [4.69, 9.17) is 4.74 Å². The third kappa shape index (κ3) is 6.05. The fourth-order valence-electron chi connectivity index (χ4n) is 4.95. The predicted octanol–water partition coefficient (Wildman–Crippen LogP) is 6.15. The van der Waals surface area contributed by atoms with E-state index in [2.05, 4.69) is 39.9 Å².